The molecule has 2 fully saturated rings. The molecular weight excluding hydrogens is 298 g/mol. The van der Waals surface area contributed by atoms with Crippen molar-refractivity contribution in [2.24, 2.45) is 11.1 Å². The van der Waals surface area contributed by atoms with Crippen LogP contribution in [0.25, 0.3) is 0 Å². The van der Waals surface area contributed by atoms with E-state index < -0.39 is 11.0 Å². The summed E-state index contributed by atoms with van der Waals surface area (Å²) < 4.78 is 5.00. The van der Waals surface area contributed by atoms with Gasteiger partial charge in [-0.3, -0.25) is 9.69 Å². The Bertz CT molecular complexity index is 449. The lowest BCUT2D eigenvalue weighted by atomic mass is 9.80. The molecule has 0 spiro atoms. The van der Waals surface area contributed by atoms with Crippen LogP contribution in [0, 0.1) is 5.41 Å². The summed E-state index contributed by atoms with van der Waals surface area (Å²) >= 11 is 0. The topological polar surface area (TPSA) is 96.1 Å². The number of ether oxygens (including phenoxy) is 1. The normalized spacial score (nSPS) is 28.4. The van der Waals surface area contributed by atoms with E-state index in [1.807, 2.05) is 6.92 Å². The first-order chi connectivity index (χ1) is 10.8. The number of primary amides is 1. The molecule has 2 amide bonds. The number of aliphatic hydroxyl groups is 1. The maximum Gasteiger partial charge on any atom is 0.409 e. The van der Waals surface area contributed by atoms with E-state index in [1.165, 1.54) is 0 Å². The van der Waals surface area contributed by atoms with Crippen molar-refractivity contribution in [3.8, 4) is 0 Å². The third kappa shape index (κ3) is 4.35. The lowest BCUT2D eigenvalue weighted by Gasteiger charge is -2.44. The first-order valence-electron chi connectivity index (χ1n) is 8.44. The summed E-state index contributed by atoms with van der Waals surface area (Å²) in [6.45, 7) is 7.01. The third-order valence-electron chi connectivity index (χ3n) is 5.11. The Morgan fingerprint density at radius 2 is 1.87 bits per heavy atom. The number of β-amino-alcohol motifs (C(OH)–C–C–N with tert-alkyl or cyclic N) is 1. The molecule has 2 aliphatic heterocycles. The molecule has 0 aromatic rings. The zero-order valence-corrected chi connectivity index (χ0v) is 14.2. The molecule has 7 heteroatoms. The van der Waals surface area contributed by atoms with Crippen LogP contribution in [0.5, 0.6) is 0 Å². The van der Waals surface area contributed by atoms with Crippen LogP contribution >= 0.6 is 0 Å². The van der Waals surface area contributed by atoms with Crippen LogP contribution < -0.4 is 5.73 Å². The highest BCUT2D eigenvalue weighted by Gasteiger charge is 2.41. The maximum absolute atomic E-state index is 11.7. The molecule has 0 bridgehead atoms. The first kappa shape index (κ1) is 18.0. The number of carbonyl (C=O) groups is 2. The highest BCUT2D eigenvalue weighted by Crippen LogP contribution is 2.31. The Labute approximate surface area is 137 Å². The molecule has 132 valence electrons. The second kappa shape index (κ2) is 7.05. The zero-order chi connectivity index (χ0) is 17.1. The average Bonchev–Trinajstić information content (AvgIpc) is 2.47. The minimum absolute atomic E-state index is 0.272. The Hall–Kier alpha value is -1.34. The maximum atomic E-state index is 11.7. The minimum atomic E-state index is -0.821. The summed E-state index contributed by atoms with van der Waals surface area (Å²) in [6.07, 6.45) is 2.44. The van der Waals surface area contributed by atoms with E-state index in [-0.39, 0.29) is 12.0 Å². The monoisotopic (exact) mass is 327 g/mol. The van der Waals surface area contributed by atoms with Crippen LogP contribution in [0.1, 0.15) is 39.5 Å². The Morgan fingerprint density at radius 3 is 2.43 bits per heavy atom. The van der Waals surface area contributed by atoms with Gasteiger partial charge < -0.3 is 20.5 Å². The molecular formula is C16H29N3O4. The van der Waals surface area contributed by atoms with Gasteiger partial charge in [0.15, 0.2) is 0 Å². The Morgan fingerprint density at radius 1 is 1.22 bits per heavy atom. The van der Waals surface area contributed by atoms with Crippen LogP contribution in [0.3, 0.4) is 0 Å². The third-order valence-corrected chi connectivity index (χ3v) is 5.11. The van der Waals surface area contributed by atoms with Crippen molar-refractivity contribution in [2.75, 3.05) is 39.3 Å². The van der Waals surface area contributed by atoms with Crippen LogP contribution in [0.2, 0.25) is 0 Å². The number of carbonyl (C=O) groups excluding carboxylic acids is 2. The number of hydrogen-bond acceptors (Lipinski definition) is 5. The van der Waals surface area contributed by atoms with Gasteiger partial charge in [0.2, 0.25) is 5.91 Å². The molecule has 2 aliphatic rings. The fourth-order valence-corrected chi connectivity index (χ4v) is 3.58. The van der Waals surface area contributed by atoms with Crippen LogP contribution in [-0.4, -0.2) is 71.8 Å². The van der Waals surface area contributed by atoms with Gasteiger partial charge in [0.25, 0.3) is 0 Å². The molecule has 2 rings (SSSR count). The van der Waals surface area contributed by atoms with Gasteiger partial charge in [-0.25, -0.2) is 4.79 Å². The molecule has 0 aromatic carbocycles. The lowest BCUT2D eigenvalue weighted by molar-refractivity contribution is -0.131. The second-order valence-electron chi connectivity index (χ2n) is 7.15. The number of hydrogen-bond donors (Lipinski definition) is 2. The molecule has 23 heavy (non-hydrogen) atoms. The molecule has 2 heterocycles. The van der Waals surface area contributed by atoms with E-state index in [0.29, 0.717) is 45.6 Å². The summed E-state index contributed by atoms with van der Waals surface area (Å²) in [7, 11) is 0. The molecule has 1 unspecified atom stereocenters. The van der Waals surface area contributed by atoms with Gasteiger partial charge in [-0.1, -0.05) is 0 Å². The van der Waals surface area contributed by atoms with Crippen molar-refractivity contribution >= 4 is 12.0 Å². The minimum Gasteiger partial charge on any atom is -0.450 e. The van der Waals surface area contributed by atoms with Crippen LogP contribution in [0.15, 0.2) is 0 Å². The molecule has 7 nitrogen and oxygen atoms in total. The molecule has 1 atom stereocenters. The predicted octanol–water partition coefficient (Wildman–Crippen LogP) is 0.557. The number of amides is 2. The standard InChI is InChI=1S/C16H29N3O4/c1-3-23-14(21)19-9-6-16(22,7-10-19)12-18-8-4-5-15(2,11-18)13(17)20/h22H,3-12H2,1-2H3,(H2,17,20). The highest BCUT2D eigenvalue weighted by atomic mass is 16.6. The summed E-state index contributed by atoms with van der Waals surface area (Å²) in [4.78, 5) is 27.1. The smallest absolute Gasteiger partial charge is 0.409 e. The molecule has 0 saturated carbocycles. The number of nitrogens with two attached hydrogens (primary N) is 1. The van der Waals surface area contributed by atoms with Gasteiger partial charge in [0.1, 0.15) is 0 Å². The molecule has 0 aliphatic carbocycles. The Kier molecular flexibility index (Phi) is 5.52. The van der Waals surface area contributed by atoms with Crippen molar-refractivity contribution in [3.63, 3.8) is 0 Å². The first-order valence-corrected chi connectivity index (χ1v) is 8.44. The van der Waals surface area contributed by atoms with Gasteiger partial charge in [-0.05, 0) is 46.1 Å². The molecule has 0 radical (unpaired) electrons. The zero-order valence-electron chi connectivity index (χ0n) is 14.2. The SMILES string of the molecule is CCOC(=O)N1CCC(O)(CN2CCCC(C)(C(N)=O)C2)CC1. The summed E-state index contributed by atoms with van der Waals surface area (Å²) in [5, 5.41) is 10.8. The second-order valence-corrected chi connectivity index (χ2v) is 7.15. The predicted molar refractivity (Wildman–Crippen MR) is 85.8 cm³/mol. The van der Waals surface area contributed by atoms with E-state index in [2.05, 4.69) is 4.90 Å². The quantitative estimate of drug-likeness (QED) is 0.786. The van der Waals surface area contributed by atoms with Crippen molar-refractivity contribution in [1.29, 1.82) is 0 Å². The number of piperidine rings is 2. The van der Waals surface area contributed by atoms with Gasteiger partial charge >= 0.3 is 6.09 Å². The lowest BCUT2D eigenvalue weighted by Crippen LogP contribution is -2.56. The van der Waals surface area contributed by atoms with Crippen molar-refractivity contribution in [2.45, 2.75) is 45.1 Å². The number of nitrogens with zero attached hydrogens (tertiary/aromatic N) is 2. The van der Waals surface area contributed by atoms with E-state index in [0.717, 1.165) is 19.4 Å². The van der Waals surface area contributed by atoms with Gasteiger partial charge in [-0.15, -0.1) is 0 Å². The van der Waals surface area contributed by atoms with Gasteiger partial charge in [0.05, 0.1) is 17.6 Å². The summed E-state index contributed by atoms with van der Waals surface area (Å²) in [6, 6.07) is 0. The summed E-state index contributed by atoms with van der Waals surface area (Å²) in [5.74, 6) is -0.272. The van der Waals surface area contributed by atoms with Crippen molar-refractivity contribution in [3.05, 3.63) is 0 Å². The molecule has 2 saturated heterocycles. The van der Waals surface area contributed by atoms with E-state index >= 15 is 0 Å². The summed E-state index contributed by atoms with van der Waals surface area (Å²) in [5.41, 5.74) is 4.19. The molecule has 0 aromatic heterocycles. The van der Waals surface area contributed by atoms with E-state index in [4.69, 9.17) is 10.5 Å². The average molecular weight is 327 g/mol. The van der Waals surface area contributed by atoms with Crippen molar-refractivity contribution < 1.29 is 19.4 Å². The largest absolute Gasteiger partial charge is 0.450 e. The van der Waals surface area contributed by atoms with Gasteiger partial charge in [0, 0.05) is 26.2 Å². The fraction of sp³-hybridized carbons (Fsp3) is 0.875. The van der Waals surface area contributed by atoms with Gasteiger partial charge in [-0.2, -0.15) is 0 Å². The fourth-order valence-electron chi connectivity index (χ4n) is 3.58. The highest BCUT2D eigenvalue weighted by molar-refractivity contribution is 5.80. The van der Waals surface area contributed by atoms with E-state index in [1.54, 1.807) is 11.8 Å². The van der Waals surface area contributed by atoms with Crippen LogP contribution in [0.4, 0.5) is 4.79 Å². The van der Waals surface area contributed by atoms with E-state index in [9.17, 15) is 14.7 Å². The van der Waals surface area contributed by atoms with Crippen LogP contribution in [-0.2, 0) is 9.53 Å². The Balaban J connectivity index is 1.88. The van der Waals surface area contributed by atoms with Crippen molar-refractivity contribution in [1.82, 2.24) is 9.80 Å². The number of likely N-dealkylation sites (tertiary alicyclic amines) is 2. The molecule has 3 N–H and O–H groups in total. The number of rotatable bonds is 4.